The van der Waals surface area contributed by atoms with Gasteiger partial charge >= 0.3 is 0 Å². The zero-order valence-electron chi connectivity index (χ0n) is 13.7. The molecule has 0 unspecified atom stereocenters. The van der Waals surface area contributed by atoms with Crippen molar-refractivity contribution < 1.29 is 0 Å². The third-order valence-electron chi connectivity index (χ3n) is 2.89. The molecule has 1 rings (SSSR count). The monoisotopic (exact) mass is 296 g/mol. The molecule has 0 fully saturated rings. The first kappa shape index (κ1) is 17.0. The van der Waals surface area contributed by atoms with Crippen LogP contribution in [0.15, 0.2) is 10.4 Å². The SMILES string of the molecule is CCNC(=NCCC(C)(C)C)N(C)Cc1csc(C)n1. The number of hydrogen-bond donors (Lipinski definition) is 1. The highest BCUT2D eigenvalue weighted by Crippen LogP contribution is 2.18. The van der Waals surface area contributed by atoms with Crippen molar-refractivity contribution >= 4 is 17.3 Å². The second-order valence-electron chi connectivity index (χ2n) is 6.26. The van der Waals surface area contributed by atoms with Gasteiger partial charge in [-0.1, -0.05) is 20.8 Å². The summed E-state index contributed by atoms with van der Waals surface area (Å²) >= 11 is 1.69. The van der Waals surface area contributed by atoms with Crippen molar-refractivity contribution in [3.05, 3.63) is 16.1 Å². The van der Waals surface area contributed by atoms with Crippen LogP contribution in [0.4, 0.5) is 0 Å². The molecule has 0 spiro atoms. The normalized spacial score (nSPS) is 12.6. The van der Waals surface area contributed by atoms with Gasteiger partial charge in [0.25, 0.3) is 0 Å². The number of aromatic nitrogens is 1. The second-order valence-corrected chi connectivity index (χ2v) is 7.32. The minimum atomic E-state index is 0.325. The maximum atomic E-state index is 4.71. The average Bonchev–Trinajstić information content (AvgIpc) is 2.72. The zero-order valence-corrected chi connectivity index (χ0v) is 14.5. The van der Waals surface area contributed by atoms with Gasteiger partial charge in [-0.25, -0.2) is 4.98 Å². The molecule has 0 atom stereocenters. The van der Waals surface area contributed by atoms with Crippen LogP contribution in [-0.2, 0) is 6.54 Å². The molecule has 0 bridgehead atoms. The van der Waals surface area contributed by atoms with E-state index in [4.69, 9.17) is 4.99 Å². The number of aliphatic imine (C=N–C) groups is 1. The summed E-state index contributed by atoms with van der Waals surface area (Å²) in [6, 6.07) is 0. The number of hydrogen-bond acceptors (Lipinski definition) is 3. The first-order valence-corrected chi connectivity index (χ1v) is 8.10. The standard InChI is InChI=1S/C15H28N4S/c1-7-16-14(17-9-8-15(3,4)5)19(6)10-13-11-20-12(2)18-13/h11H,7-10H2,1-6H3,(H,16,17). The number of thiazole rings is 1. The maximum absolute atomic E-state index is 4.71. The fourth-order valence-electron chi connectivity index (χ4n) is 1.77. The van der Waals surface area contributed by atoms with Gasteiger partial charge in [0, 0.05) is 25.5 Å². The third kappa shape index (κ3) is 6.37. The molecule has 4 nitrogen and oxygen atoms in total. The summed E-state index contributed by atoms with van der Waals surface area (Å²) in [5.41, 5.74) is 1.43. The molecule has 0 radical (unpaired) electrons. The molecule has 0 saturated carbocycles. The predicted octanol–water partition coefficient (Wildman–Crippen LogP) is 3.29. The molecule has 20 heavy (non-hydrogen) atoms. The summed E-state index contributed by atoms with van der Waals surface area (Å²) in [4.78, 5) is 11.4. The van der Waals surface area contributed by atoms with Crippen molar-refractivity contribution in [2.24, 2.45) is 10.4 Å². The molecule has 1 heterocycles. The Morgan fingerprint density at radius 2 is 2.15 bits per heavy atom. The van der Waals surface area contributed by atoms with Gasteiger partial charge in [-0.2, -0.15) is 0 Å². The van der Waals surface area contributed by atoms with Gasteiger partial charge in [0.1, 0.15) is 0 Å². The summed E-state index contributed by atoms with van der Waals surface area (Å²) in [7, 11) is 2.06. The lowest BCUT2D eigenvalue weighted by atomic mass is 9.92. The Hall–Kier alpha value is -1.10. The number of nitrogens with zero attached hydrogens (tertiary/aromatic N) is 3. The minimum absolute atomic E-state index is 0.325. The molecule has 0 aliphatic rings. The fourth-order valence-corrected chi connectivity index (χ4v) is 2.37. The smallest absolute Gasteiger partial charge is 0.194 e. The van der Waals surface area contributed by atoms with Crippen LogP contribution >= 0.6 is 11.3 Å². The number of nitrogens with one attached hydrogen (secondary N) is 1. The number of aryl methyl sites for hydroxylation is 1. The fraction of sp³-hybridized carbons (Fsp3) is 0.733. The highest BCUT2D eigenvalue weighted by atomic mass is 32.1. The van der Waals surface area contributed by atoms with Crippen LogP contribution in [-0.4, -0.2) is 36.0 Å². The molecular formula is C15H28N4S. The molecule has 0 saturated heterocycles. The van der Waals surface area contributed by atoms with Crippen LogP contribution in [0.2, 0.25) is 0 Å². The van der Waals surface area contributed by atoms with Crippen molar-refractivity contribution in [1.29, 1.82) is 0 Å². The minimum Gasteiger partial charge on any atom is -0.357 e. The molecule has 1 aromatic rings. The van der Waals surface area contributed by atoms with E-state index in [9.17, 15) is 0 Å². The van der Waals surface area contributed by atoms with Gasteiger partial charge in [0.05, 0.1) is 17.2 Å². The van der Waals surface area contributed by atoms with Crippen molar-refractivity contribution in [3.63, 3.8) is 0 Å². The van der Waals surface area contributed by atoms with Crippen LogP contribution < -0.4 is 5.32 Å². The van der Waals surface area contributed by atoms with Crippen molar-refractivity contribution in [2.45, 2.75) is 47.6 Å². The Kier molecular flexibility index (Phi) is 6.46. The molecule has 0 aromatic carbocycles. The number of rotatable bonds is 5. The van der Waals surface area contributed by atoms with Crippen molar-refractivity contribution in [2.75, 3.05) is 20.1 Å². The summed E-state index contributed by atoms with van der Waals surface area (Å²) in [5, 5.41) is 6.58. The molecule has 114 valence electrons. The predicted molar refractivity (Wildman–Crippen MR) is 88.4 cm³/mol. The largest absolute Gasteiger partial charge is 0.357 e. The van der Waals surface area contributed by atoms with E-state index in [0.717, 1.165) is 42.7 Å². The lowest BCUT2D eigenvalue weighted by Crippen LogP contribution is -2.38. The highest BCUT2D eigenvalue weighted by Gasteiger charge is 2.11. The van der Waals surface area contributed by atoms with Crippen LogP contribution in [0.1, 0.15) is 44.8 Å². The Morgan fingerprint density at radius 3 is 2.65 bits per heavy atom. The molecule has 1 aromatic heterocycles. The van der Waals surface area contributed by atoms with Crippen LogP contribution in [0, 0.1) is 12.3 Å². The third-order valence-corrected chi connectivity index (χ3v) is 3.71. The first-order chi connectivity index (χ1) is 9.31. The van der Waals surface area contributed by atoms with E-state index >= 15 is 0 Å². The molecule has 0 amide bonds. The van der Waals surface area contributed by atoms with Gasteiger partial charge in [-0.3, -0.25) is 4.99 Å². The Morgan fingerprint density at radius 1 is 1.45 bits per heavy atom. The zero-order chi connectivity index (χ0) is 15.2. The summed E-state index contributed by atoms with van der Waals surface area (Å²) < 4.78 is 0. The molecule has 0 aliphatic carbocycles. The summed E-state index contributed by atoms with van der Waals surface area (Å²) in [6.45, 7) is 13.4. The van der Waals surface area contributed by atoms with Gasteiger partial charge < -0.3 is 10.2 Å². The quantitative estimate of drug-likeness (QED) is 0.669. The number of guanidine groups is 1. The summed E-state index contributed by atoms with van der Waals surface area (Å²) in [5.74, 6) is 0.961. The highest BCUT2D eigenvalue weighted by molar-refractivity contribution is 7.09. The van der Waals surface area contributed by atoms with Crippen molar-refractivity contribution in [1.82, 2.24) is 15.2 Å². The molecule has 1 N–H and O–H groups in total. The Bertz CT molecular complexity index is 431. The van der Waals surface area contributed by atoms with E-state index in [0.29, 0.717) is 5.41 Å². The van der Waals surface area contributed by atoms with E-state index in [1.165, 1.54) is 0 Å². The Labute approximate surface area is 127 Å². The Balaban J connectivity index is 2.61. The van der Waals surface area contributed by atoms with Crippen LogP contribution in [0.5, 0.6) is 0 Å². The average molecular weight is 296 g/mol. The topological polar surface area (TPSA) is 40.5 Å². The van der Waals surface area contributed by atoms with E-state index in [2.05, 4.69) is 55.3 Å². The second kappa shape index (κ2) is 7.62. The van der Waals surface area contributed by atoms with Crippen molar-refractivity contribution in [3.8, 4) is 0 Å². The van der Waals surface area contributed by atoms with E-state index < -0.39 is 0 Å². The van der Waals surface area contributed by atoms with Gasteiger partial charge in [0.2, 0.25) is 0 Å². The lowest BCUT2D eigenvalue weighted by Gasteiger charge is -2.22. The van der Waals surface area contributed by atoms with Crippen LogP contribution in [0.25, 0.3) is 0 Å². The first-order valence-electron chi connectivity index (χ1n) is 7.22. The molecule has 5 heteroatoms. The van der Waals surface area contributed by atoms with Gasteiger partial charge in [-0.15, -0.1) is 11.3 Å². The summed E-state index contributed by atoms with van der Waals surface area (Å²) in [6.07, 6.45) is 1.09. The van der Waals surface area contributed by atoms with E-state index in [-0.39, 0.29) is 0 Å². The van der Waals surface area contributed by atoms with Crippen LogP contribution in [0.3, 0.4) is 0 Å². The van der Waals surface area contributed by atoms with E-state index in [1.54, 1.807) is 11.3 Å². The molecule has 0 aliphatic heterocycles. The van der Waals surface area contributed by atoms with Gasteiger partial charge in [-0.05, 0) is 25.7 Å². The van der Waals surface area contributed by atoms with Gasteiger partial charge in [0.15, 0.2) is 5.96 Å². The molecular weight excluding hydrogens is 268 g/mol. The maximum Gasteiger partial charge on any atom is 0.194 e. The van der Waals surface area contributed by atoms with E-state index in [1.807, 2.05) is 6.92 Å². The lowest BCUT2D eigenvalue weighted by molar-refractivity contribution is 0.382.